The smallest absolute Gasteiger partial charge is 0.431 e. The molecule has 132 valence electrons. The van der Waals surface area contributed by atoms with Gasteiger partial charge in [0.05, 0.1) is 0 Å². The third-order valence-corrected chi connectivity index (χ3v) is 3.94. The molecule has 0 aliphatic carbocycles. The zero-order chi connectivity index (χ0) is 18.0. The number of benzene rings is 1. The van der Waals surface area contributed by atoms with Gasteiger partial charge < -0.3 is 9.64 Å². The first-order valence-corrected chi connectivity index (χ1v) is 7.42. The first-order chi connectivity index (χ1) is 11.1. The zero-order valence-electron chi connectivity index (χ0n) is 13.0. The maximum absolute atomic E-state index is 13.9. The van der Waals surface area contributed by atoms with Crippen molar-refractivity contribution < 1.29 is 31.9 Å². The Balaban J connectivity index is 2.04. The Kier molecular flexibility index (Phi) is 5.15. The van der Waals surface area contributed by atoms with Gasteiger partial charge in [0.1, 0.15) is 12.6 Å². The molecule has 1 heterocycles. The van der Waals surface area contributed by atoms with Crippen molar-refractivity contribution in [1.29, 1.82) is 0 Å². The van der Waals surface area contributed by atoms with Gasteiger partial charge in [0, 0.05) is 6.54 Å². The monoisotopic (exact) mass is 347 g/mol. The first kappa shape index (κ1) is 18.2. The summed E-state index contributed by atoms with van der Waals surface area (Å²) in [6, 6.07) is 7.50. The minimum absolute atomic E-state index is 0.0651. The highest BCUT2D eigenvalue weighted by atomic mass is 19.4. The van der Waals surface area contributed by atoms with Crippen molar-refractivity contribution in [3.05, 3.63) is 35.9 Å². The number of hydrogen-bond acceptors (Lipinski definition) is 3. The topological polar surface area (TPSA) is 46.6 Å². The van der Waals surface area contributed by atoms with Gasteiger partial charge in [0.25, 0.3) is 11.6 Å². The summed E-state index contributed by atoms with van der Waals surface area (Å²) in [5.74, 6) is -2.59. The van der Waals surface area contributed by atoms with Crippen molar-refractivity contribution in [2.75, 3.05) is 6.54 Å². The van der Waals surface area contributed by atoms with Crippen LogP contribution in [0, 0.1) is 0 Å². The van der Waals surface area contributed by atoms with Crippen LogP contribution in [0.3, 0.4) is 0 Å². The number of carbonyl (C=O) groups excluding carboxylic acids is 2. The lowest BCUT2D eigenvalue weighted by Crippen LogP contribution is -2.55. The Morgan fingerprint density at radius 2 is 1.83 bits per heavy atom. The molecule has 4 nitrogen and oxygen atoms in total. The van der Waals surface area contributed by atoms with Gasteiger partial charge in [-0.2, -0.15) is 13.2 Å². The molecule has 0 bridgehead atoms. The van der Waals surface area contributed by atoms with Crippen LogP contribution in [-0.4, -0.2) is 41.2 Å². The van der Waals surface area contributed by atoms with Crippen LogP contribution in [0.2, 0.25) is 0 Å². The Bertz CT molecular complexity index is 601. The van der Waals surface area contributed by atoms with Crippen LogP contribution in [0.15, 0.2) is 30.3 Å². The molecule has 1 fully saturated rings. The molecule has 2 atom stereocenters. The van der Waals surface area contributed by atoms with E-state index in [0.29, 0.717) is 16.9 Å². The highest BCUT2D eigenvalue weighted by Crippen LogP contribution is 2.37. The van der Waals surface area contributed by atoms with Crippen LogP contribution in [0.5, 0.6) is 0 Å². The molecule has 0 aromatic heterocycles. The second-order valence-corrected chi connectivity index (χ2v) is 5.75. The molecule has 1 aliphatic heterocycles. The second kappa shape index (κ2) is 6.78. The van der Waals surface area contributed by atoms with Crippen LogP contribution in [0.1, 0.15) is 25.3 Å². The number of amides is 1. The van der Waals surface area contributed by atoms with Gasteiger partial charge in [0.2, 0.25) is 0 Å². The predicted molar refractivity (Wildman–Crippen MR) is 76.5 cm³/mol. The Morgan fingerprint density at radius 3 is 2.42 bits per heavy atom. The van der Waals surface area contributed by atoms with Gasteiger partial charge in [0.15, 0.2) is 0 Å². The van der Waals surface area contributed by atoms with Gasteiger partial charge in [-0.3, -0.25) is 4.79 Å². The average molecular weight is 347 g/mol. The highest BCUT2D eigenvalue weighted by molar-refractivity contribution is 5.90. The molecule has 24 heavy (non-hydrogen) atoms. The molecular weight excluding hydrogens is 330 g/mol. The molecule has 0 N–H and O–H groups in total. The molecule has 1 aliphatic rings. The summed E-state index contributed by atoms with van der Waals surface area (Å²) >= 11 is 0. The van der Waals surface area contributed by atoms with Crippen LogP contribution in [0.4, 0.5) is 17.6 Å². The number of rotatable bonds is 4. The molecule has 1 aromatic carbocycles. The lowest BCUT2D eigenvalue weighted by molar-refractivity contribution is -0.227. The summed E-state index contributed by atoms with van der Waals surface area (Å²) in [6.07, 6.45) is -4.89. The third kappa shape index (κ3) is 3.68. The molecular formula is C16H17F4NO3. The molecule has 0 spiro atoms. The lowest BCUT2D eigenvalue weighted by Gasteiger charge is -2.30. The first-order valence-electron chi connectivity index (χ1n) is 7.42. The van der Waals surface area contributed by atoms with Crippen LogP contribution >= 0.6 is 0 Å². The summed E-state index contributed by atoms with van der Waals surface area (Å²) < 4.78 is 57.0. The summed E-state index contributed by atoms with van der Waals surface area (Å²) in [5, 5.41) is 0. The maximum Gasteiger partial charge on any atom is 0.431 e. The zero-order valence-corrected chi connectivity index (χ0v) is 13.0. The van der Waals surface area contributed by atoms with Crippen LogP contribution < -0.4 is 0 Å². The maximum atomic E-state index is 13.9. The van der Waals surface area contributed by atoms with Gasteiger partial charge in [-0.25, -0.2) is 9.18 Å². The van der Waals surface area contributed by atoms with E-state index in [2.05, 4.69) is 0 Å². The highest BCUT2D eigenvalue weighted by Gasteiger charge is 2.60. The number of nitrogens with zero attached hydrogens (tertiary/aromatic N) is 1. The fourth-order valence-corrected chi connectivity index (χ4v) is 2.47. The van der Waals surface area contributed by atoms with Gasteiger partial charge in [-0.15, -0.1) is 0 Å². The quantitative estimate of drug-likeness (QED) is 0.621. The minimum atomic E-state index is -5.34. The number of hydrogen-bond donors (Lipinski definition) is 0. The molecule has 8 heteroatoms. The van der Waals surface area contributed by atoms with E-state index in [9.17, 15) is 27.2 Å². The van der Waals surface area contributed by atoms with Gasteiger partial charge in [-0.1, -0.05) is 30.3 Å². The van der Waals surface area contributed by atoms with Gasteiger partial charge in [-0.05, 0) is 25.3 Å². The molecule has 1 amide bonds. The SMILES string of the molecule is CC(F)(C(=O)N1CCC[C@H]1C(=O)OCc1ccccc1)C(F)(F)F. The number of esters is 1. The van der Waals surface area contributed by atoms with E-state index in [0.717, 1.165) is 0 Å². The molecule has 0 saturated carbocycles. The van der Waals surface area contributed by atoms with E-state index in [1.54, 1.807) is 30.3 Å². The molecule has 1 aromatic rings. The van der Waals surface area contributed by atoms with Crippen molar-refractivity contribution in [3.8, 4) is 0 Å². The Hall–Kier alpha value is -2.12. The van der Waals surface area contributed by atoms with Crippen molar-refractivity contribution in [1.82, 2.24) is 4.90 Å². The minimum Gasteiger partial charge on any atom is -0.459 e. The predicted octanol–water partition coefficient (Wildman–Crippen LogP) is 3.01. The second-order valence-electron chi connectivity index (χ2n) is 5.75. The van der Waals surface area contributed by atoms with Crippen molar-refractivity contribution in [3.63, 3.8) is 0 Å². The average Bonchev–Trinajstić information content (AvgIpc) is 3.01. The summed E-state index contributed by atoms with van der Waals surface area (Å²) in [4.78, 5) is 24.6. The Morgan fingerprint density at radius 1 is 1.21 bits per heavy atom. The molecule has 1 unspecified atom stereocenters. The van der Waals surface area contributed by atoms with Crippen molar-refractivity contribution in [2.24, 2.45) is 0 Å². The summed E-state index contributed by atoms with van der Waals surface area (Å²) in [5.41, 5.74) is -3.33. The number of halogens is 4. The van der Waals surface area contributed by atoms with E-state index >= 15 is 0 Å². The third-order valence-electron chi connectivity index (χ3n) is 3.94. The molecule has 0 radical (unpaired) electrons. The van der Waals surface area contributed by atoms with Gasteiger partial charge >= 0.3 is 12.1 Å². The Labute approximate surface area is 136 Å². The van der Waals surface area contributed by atoms with Crippen LogP contribution in [0.25, 0.3) is 0 Å². The summed E-state index contributed by atoms with van der Waals surface area (Å²) in [6.45, 7) is -0.0100. The van der Waals surface area contributed by atoms with E-state index in [4.69, 9.17) is 4.74 Å². The number of alkyl halides is 4. The number of likely N-dealkylation sites (tertiary alicyclic amines) is 1. The van der Waals surface area contributed by atoms with Crippen LogP contribution in [-0.2, 0) is 20.9 Å². The van der Waals surface area contributed by atoms with E-state index in [1.165, 1.54) is 0 Å². The largest absolute Gasteiger partial charge is 0.459 e. The van der Waals surface area contributed by atoms with Crippen molar-refractivity contribution >= 4 is 11.9 Å². The lowest BCUT2D eigenvalue weighted by atomic mass is 10.1. The molecule has 2 rings (SSSR count). The number of carbonyl (C=O) groups is 2. The standard InChI is InChI=1S/C16H17F4NO3/c1-15(17,16(18,19)20)14(23)21-9-5-8-12(21)13(22)24-10-11-6-3-2-4-7-11/h2-4,6-7,12H,5,8-10H2,1H3/t12-,15?/m0/s1. The fraction of sp³-hybridized carbons (Fsp3) is 0.500. The molecule has 1 saturated heterocycles. The summed E-state index contributed by atoms with van der Waals surface area (Å²) in [7, 11) is 0. The van der Waals surface area contributed by atoms with E-state index < -0.39 is 29.8 Å². The van der Waals surface area contributed by atoms with E-state index in [1.807, 2.05) is 0 Å². The van der Waals surface area contributed by atoms with Crippen molar-refractivity contribution in [2.45, 2.75) is 44.3 Å². The fourth-order valence-electron chi connectivity index (χ4n) is 2.47. The normalized spacial score (nSPS) is 20.5. The van der Waals surface area contributed by atoms with E-state index in [-0.39, 0.29) is 26.5 Å². The number of ether oxygens (including phenoxy) is 1.